The molecule has 1 heterocycles. The van der Waals surface area contributed by atoms with E-state index >= 15 is 0 Å². The summed E-state index contributed by atoms with van der Waals surface area (Å²) < 4.78 is 5.52. The summed E-state index contributed by atoms with van der Waals surface area (Å²) in [6.07, 6.45) is 1.94. The first-order valence-corrected chi connectivity index (χ1v) is 3.56. The average Bonchev–Trinajstić information content (AvgIpc) is 1.80. The van der Waals surface area contributed by atoms with E-state index in [1.807, 2.05) is 0 Å². The highest BCUT2D eigenvalue weighted by Crippen LogP contribution is 2.12. The molecule has 1 aliphatic rings. The van der Waals surface area contributed by atoms with Gasteiger partial charge in [-0.3, -0.25) is 4.90 Å². The van der Waals surface area contributed by atoms with Gasteiger partial charge in [-0.1, -0.05) is 0 Å². The van der Waals surface area contributed by atoms with Crippen LogP contribution >= 0.6 is 0 Å². The highest BCUT2D eigenvalue weighted by atomic mass is 16.5. The monoisotopic (exact) mass is 129 g/mol. The highest BCUT2D eigenvalue weighted by molar-refractivity contribution is 4.64. The van der Waals surface area contributed by atoms with Crippen molar-refractivity contribution in [1.29, 1.82) is 0 Å². The lowest BCUT2D eigenvalue weighted by atomic mass is 10.2. The zero-order valence-electron chi connectivity index (χ0n) is 6.42. The quantitative estimate of drug-likeness (QED) is 0.485. The molecule has 54 valence electrons. The molecule has 0 aliphatic carbocycles. The van der Waals surface area contributed by atoms with Crippen molar-refractivity contribution in [2.45, 2.75) is 32.6 Å². The molecule has 0 aromatic rings. The third-order valence-electron chi connectivity index (χ3n) is 1.94. The summed E-state index contributed by atoms with van der Waals surface area (Å²) in [5.41, 5.74) is 0. The maximum atomic E-state index is 5.52. The molecular weight excluding hydrogens is 114 g/mol. The highest BCUT2D eigenvalue weighted by Gasteiger charge is 2.18. The van der Waals surface area contributed by atoms with Gasteiger partial charge in [0, 0.05) is 6.54 Å². The Balaban J connectivity index is 2.35. The van der Waals surface area contributed by atoms with Crippen molar-refractivity contribution in [1.82, 2.24) is 4.90 Å². The summed E-state index contributed by atoms with van der Waals surface area (Å²) in [6, 6.07) is 0. The topological polar surface area (TPSA) is 12.5 Å². The van der Waals surface area contributed by atoms with Crippen LogP contribution in [0.4, 0.5) is 0 Å². The number of hydrogen-bond acceptors (Lipinski definition) is 2. The number of rotatable bonds is 0. The van der Waals surface area contributed by atoms with Gasteiger partial charge < -0.3 is 4.74 Å². The Hall–Kier alpha value is -0.0800. The molecular formula is C7H15NO. The van der Waals surface area contributed by atoms with E-state index in [1.54, 1.807) is 0 Å². The standard InChI is InChI=1S/C7H15NO/c1-6-4-5-8(3)7(2)9-6/h6-7H,4-5H2,1-3H3/t6-,7+/m0/s1. The van der Waals surface area contributed by atoms with Crippen molar-refractivity contribution < 1.29 is 4.74 Å². The first-order valence-electron chi connectivity index (χ1n) is 3.56. The van der Waals surface area contributed by atoms with Crippen molar-refractivity contribution >= 4 is 0 Å². The summed E-state index contributed by atoms with van der Waals surface area (Å²) in [4.78, 5) is 2.22. The van der Waals surface area contributed by atoms with Crippen LogP contribution in [0.2, 0.25) is 0 Å². The van der Waals surface area contributed by atoms with Crippen molar-refractivity contribution in [3.05, 3.63) is 0 Å². The van der Waals surface area contributed by atoms with Crippen LogP contribution in [0.15, 0.2) is 0 Å². The molecule has 2 nitrogen and oxygen atoms in total. The Bertz CT molecular complexity index is 94.9. The molecule has 0 spiro atoms. The molecule has 0 aromatic heterocycles. The molecule has 1 rings (SSSR count). The Morgan fingerprint density at radius 1 is 1.44 bits per heavy atom. The van der Waals surface area contributed by atoms with Crippen LogP contribution in [0.5, 0.6) is 0 Å². The molecule has 1 aliphatic heterocycles. The van der Waals surface area contributed by atoms with E-state index in [1.165, 1.54) is 13.0 Å². The lowest BCUT2D eigenvalue weighted by Crippen LogP contribution is -2.41. The van der Waals surface area contributed by atoms with E-state index in [9.17, 15) is 0 Å². The second-order valence-corrected chi connectivity index (χ2v) is 2.82. The molecule has 0 unspecified atom stereocenters. The molecule has 2 atom stereocenters. The zero-order chi connectivity index (χ0) is 6.85. The van der Waals surface area contributed by atoms with Gasteiger partial charge in [-0.05, 0) is 27.3 Å². The van der Waals surface area contributed by atoms with E-state index in [0.29, 0.717) is 12.3 Å². The van der Waals surface area contributed by atoms with E-state index in [0.717, 1.165) is 0 Å². The van der Waals surface area contributed by atoms with E-state index in [2.05, 4.69) is 25.8 Å². The summed E-state index contributed by atoms with van der Waals surface area (Å²) in [5, 5.41) is 0. The van der Waals surface area contributed by atoms with E-state index < -0.39 is 0 Å². The second kappa shape index (κ2) is 2.67. The minimum atomic E-state index is 0.314. The number of ether oxygens (including phenoxy) is 1. The van der Waals surface area contributed by atoms with Gasteiger partial charge >= 0.3 is 0 Å². The third-order valence-corrected chi connectivity index (χ3v) is 1.94. The molecule has 9 heavy (non-hydrogen) atoms. The van der Waals surface area contributed by atoms with Crippen LogP contribution in [-0.2, 0) is 4.74 Å². The second-order valence-electron chi connectivity index (χ2n) is 2.82. The van der Waals surface area contributed by atoms with Gasteiger partial charge in [0.2, 0.25) is 0 Å². The van der Waals surface area contributed by atoms with E-state index in [4.69, 9.17) is 4.74 Å². The summed E-state index contributed by atoms with van der Waals surface area (Å²) >= 11 is 0. The Morgan fingerprint density at radius 3 is 2.56 bits per heavy atom. The van der Waals surface area contributed by atoms with Crippen molar-refractivity contribution in [3.8, 4) is 0 Å². The first-order chi connectivity index (χ1) is 4.20. The minimum absolute atomic E-state index is 0.314. The molecule has 0 N–H and O–H groups in total. The molecule has 2 heteroatoms. The van der Waals surface area contributed by atoms with Gasteiger partial charge in [0.05, 0.1) is 6.10 Å². The Kier molecular flexibility index (Phi) is 2.09. The van der Waals surface area contributed by atoms with Gasteiger partial charge in [0.25, 0.3) is 0 Å². The maximum Gasteiger partial charge on any atom is 0.107 e. The number of nitrogens with zero attached hydrogens (tertiary/aromatic N) is 1. The molecule has 1 fully saturated rings. The van der Waals surface area contributed by atoms with Gasteiger partial charge in [-0.2, -0.15) is 0 Å². The first kappa shape index (κ1) is 7.03. The van der Waals surface area contributed by atoms with Crippen molar-refractivity contribution in [2.24, 2.45) is 0 Å². The van der Waals surface area contributed by atoms with Crippen LogP contribution in [0.1, 0.15) is 20.3 Å². The normalized spacial score (nSPS) is 39.0. The third kappa shape index (κ3) is 1.66. The van der Waals surface area contributed by atoms with Crippen LogP contribution in [0.3, 0.4) is 0 Å². The lowest BCUT2D eigenvalue weighted by Gasteiger charge is -2.33. The van der Waals surface area contributed by atoms with Gasteiger partial charge in [-0.25, -0.2) is 0 Å². The van der Waals surface area contributed by atoms with Gasteiger partial charge in [0.1, 0.15) is 6.23 Å². The summed E-state index contributed by atoms with van der Waals surface area (Å²) in [5.74, 6) is 0. The fourth-order valence-electron chi connectivity index (χ4n) is 1.08. The zero-order valence-corrected chi connectivity index (χ0v) is 6.42. The predicted molar refractivity (Wildman–Crippen MR) is 37.3 cm³/mol. The van der Waals surface area contributed by atoms with Crippen LogP contribution in [-0.4, -0.2) is 30.8 Å². The van der Waals surface area contributed by atoms with E-state index in [-0.39, 0.29) is 0 Å². The van der Waals surface area contributed by atoms with Crippen molar-refractivity contribution in [2.75, 3.05) is 13.6 Å². The Morgan fingerprint density at radius 2 is 2.11 bits per heavy atom. The van der Waals surface area contributed by atoms with Crippen LogP contribution in [0.25, 0.3) is 0 Å². The molecule has 0 bridgehead atoms. The molecule has 0 radical (unpaired) electrons. The van der Waals surface area contributed by atoms with Crippen LogP contribution in [0, 0.1) is 0 Å². The molecule has 0 saturated carbocycles. The summed E-state index contributed by atoms with van der Waals surface area (Å²) in [6.45, 7) is 5.39. The SMILES string of the molecule is C[C@H]1CCN(C)[C@@H](C)O1. The minimum Gasteiger partial charge on any atom is -0.360 e. The fraction of sp³-hybridized carbons (Fsp3) is 1.00. The molecule has 0 amide bonds. The summed E-state index contributed by atoms with van der Waals surface area (Å²) in [7, 11) is 2.09. The smallest absolute Gasteiger partial charge is 0.107 e. The largest absolute Gasteiger partial charge is 0.360 e. The van der Waals surface area contributed by atoms with Gasteiger partial charge in [0.15, 0.2) is 0 Å². The average molecular weight is 129 g/mol. The number of hydrogen-bond donors (Lipinski definition) is 0. The maximum absolute atomic E-state index is 5.52. The fourth-order valence-corrected chi connectivity index (χ4v) is 1.08. The predicted octanol–water partition coefficient (Wildman–Crippen LogP) is 1.07. The van der Waals surface area contributed by atoms with Crippen LogP contribution < -0.4 is 0 Å². The molecule has 1 saturated heterocycles. The van der Waals surface area contributed by atoms with Crippen molar-refractivity contribution in [3.63, 3.8) is 0 Å². The Labute approximate surface area is 56.8 Å². The van der Waals surface area contributed by atoms with Gasteiger partial charge in [-0.15, -0.1) is 0 Å². The lowest BCUT2D eigenvalue weighted by molar-refractivity contribution is -0.112. The molecule has 0 aromatic carbocycles.